The molecule has 0 radical (unpaired) electrons. The van der Waals surface area contributed by atoms with Crippen molar-refractivity contribution < 1.29 is 4.57 Å². The van der Waals surface area contributed by atoms with Crippen molar-refractivity contribution >= 4 is 13.3 Å². The molecule has 6 nitrogen and oxygen atoms in total. The predicted molar refractivity (Wildman–Crippen MR) is 77.7 cm³/mol. The van der Waals surface area contributed by atoms with Gasteiger partial charge in [-0.2, -0.15) is 0 Å². The summed E-state index contributed by atoms with van der Waals surface area (Å²) >= 11 is 0. The second kappa shape index (κ2) is 4.98. The van der Waals surface area contributed by atoms with Gasteiger partial charge in [0.1, 0.15) is 12.7 Å². The number of aromatic nitrogens is 4. The highest BCUT2D eigenvalue weighted by Crippen LogP contribution is 2.52. The van der Waals surface area contributed by atoms with E-state index in [-0.39, 0.29) is 0 Å². The van der Waals surface area contributed by atoms with Crippen LogP contribution in [-0.4, -0.2) is 25.7 Å². The van der Waals surface area contributed by atoms with Crippen molar-refractivity contribution in [3.05, 3.63) is 67.8 Å². The largest absolute Gasteiger partial charge is 0.369 e. The zero-order valence-electron chi connectivity index (χ0n) is 10.9. The molecule has 102 valence electrons. The summed E-state index contributed by atoms with van der Waals surface area (Å²) in [5.41, 5.74) is 0.859. The molecular formula is C13H14N5OP. The number of benzene rings is 1. The van der Waals surface area contributed by atoms with Crippen molar-refractivity contribution in [1.82, 2.24) is 18.6 Å². The molecule has 0 saturated carbocycles. The zero-order chi connectivity index (χ0) is 14.0. The topological polar surface area (TPSA) is 56.0 Å². The van der Waals surface area contributed by atoms with Crippen LogP contribution < -0.4 is 4.67 Å². The lowest BCUT2D eigenvalue weighted by Crippen LogP contribution is -2.22. The van der Waals surface area contributed by atoms with E-state index in [1.54, 1.807) is 57.8 Å². The second-order valence-electron chi connectivity index (χ2n) is 4.26. The summed E-state index contributed by atoms with van der Waals surface area (Å²) < 4.78 is 18.6. The van der Waals surface area contributed by atoms with Crippen molar-refractivity contribution in [2.75, 3.05) is 11.7 Å². The molecule has 0 fully saturated rings. The van der Waals surface area contributed by atoms with E-state index < -0.39 is 7.59 Å². The van der Waals surface area contributed by atoms with E-state index in [0.29, 0.717) is 0 Å². The summed E-state index contributed by atoms with van der Waals surface area (Å²) in [5.74, 6) is 0. The van der Waals surface area contributed by atoms with Crippen LogP contribution in [0.2, 0.25) is 0 Å². The van der Waals surface area contributed by atoms with Crippen LogP contribution in [0.15, 0.2) is 67.8 Å². The Kier molecular flexibility index (Phi) is 3.16. The molecule has 0 aliphatic rings. The van der Waals surface area contributed by atoms with Gasteiger partial charge < -0.3 is 0 Å². The van der Waals surface area contributed by atoms with Gasteiger partial charge >= 0.3 is 7.59 Å². The van der Waals surface area contributed by atoms with E-state index in [0.717, 1.165) is 5.69 Å². The Balaban J connectivity index is 2.15. The highest BCUT2D eigenvalue weighted by atomic mass is 31.2. The van der Waals surface area contributed by atoms with Gasteiger partial charge in [0.05, 0.1) is 0 Å². The molecule has 20 heavy (non-hydrogen) atoms. The first kappa shape index (κ1) is 12.7. The van der Waals surface area contributed by atoms with E-state index in [1.165, 1.54) is 0 Å². The molecule has 2 aromatic heterocycles. The van der Waals surface area contributed by atoms with Gasteiger partial charge in [0.15, 0.2) is 0 Å². The second-order valence-corrected chi connectivity index (χ2v) is 6.81. The van der Waals surface area contributed by atoms with Crippen molar-refractivity contribution in [3.8, 4) is 0 Å². The van der Waals surface area contributed by atoms with Gasteiger partial charge in [-0.3, -0.25) is 13.3 Å². The lowest BCUT2D eigenvalue weighted by Gasteiger charge is -2.30. The summed E-state index contributed by atoms with van der Waals surface area (Å²) in [6.45, 7) is 0. The Hall–Kier alpha value is -2.33. The molecule has 0 unspecified atom stereocenters. The maximum absolute atomic E-state index is 13.6. The maximum Gasteiger partial charge on any atom is 0.369 e. The number of para-hydroxylation sites is 1. The van der Waals surface area contributed by atoms with Crippen molar-refractivity contribution in [2.45, 2.75) is 0 Å². The van der Waals surface area contributed by atoms with Gasteiger partial charge in [0.25, 0.3) is 0 Å². The summed E-state index contributed by atoms with van der Waals surface area (Å²) in [6.07, 6.45) is 9.73. The predicted octanol–water partition coefficient (Wildman–Crippen LogP) is 2.72. The van der Waals surface area contributed by atoms with Crippen LogP contribution in [0.3, 0.4) is 0 Å². The van der Waals surface area contributed by atoms with E-state index in [2.05, 4.69) is 9.97 Å². The van der Waals surface area contributed by atoms with Crippen LogP contribution in [0.1, 0.15) is 0 Å². The molecule has 3 rings (SSSR count). The number of hydrogen-bond acceptors (Lipinski definition) is 3. The average molecular weight is 287 g/mol. The van der Waals surface area contributed by atoms with Crippen LogP contribution in [0, 0.1) is 0 Å². The first-order chi connectivity index (χ1) is 9.73. The normalized spacial score (nSPS) is 11.4. The summed E-state index contributed by atoms with van der Waals surface area (Å²) in [7, 11) is -1.30. The van der Waals surface area contributed by atoms with Crippen LogP contribution in [0.4, 0.5) is 5.69 Å². The molecule has 0 spiro atoms. The number of nitrogens with zero attached hydrogens (tertiary/aromatic N) is 5. The Morgan fingerprint density at radius 3 is 2.00 bits per heavy atom. The average Bonchev–Trinajstić information content (AvgIpc) is 3.19. The Morgan fingerprint density at radius 1 is 1.00 bits per heavy atom. The van der Waals surface area contributed by atoms with Crippen LogP contribution in [0.5, 0.6) is 0 Å². The fraction of sp³-hybridized carbons (Fsp3) is 0.0769. The minimum Gasteiger partial charge on any atom is -0.293 e. The molecule has 3 aromatic rings. The Bertz CT molecular complexity index is 670. The van der Waals surface area contributed by atoms with Gasteiger partial charge in [-0.1, -0.05) is 18.2 Å². The molecule has 0 N–H and O–H groups in total. The highest BCUT2D eigenvalue weighted by Gasteiger charge is 2.32. The highest BCUT2D eigenvalue weighted by molar-refractivity contribution is 7.62. The molecular weight excluding hydrogens is 273 g/mol. The van der Waals surface area contributed by atoms with Gasteiger partial charge in [-0.05, 0) is 12.1 Å². The molecule has 0 saturated heterocycles. The molecule has 0 bridgehead atoms. The van der Waals surface area contributed by atoms with Gasteiger partial charge in [-0.25, -0.2) is 14.5 Å². The number of anilines is 1. The third kappa shape index (κ3) is 1.94. The van der Waals surface area contributed by atoms with Crippen molar-refractivity contribution in [1.29, 1.82) is 0 Å². The molecule has 0 amide bonds. The van der Waals surface area contributed by atoms with Gasteiger partial charge in [0.2, 0.25) is 0 Å². The minimum absolute atomic E-state index is 0.859. The molecule has 1 aromatic carbocycles. The lowest BCUT2D eigenvalue weighted by molar-refractivity contribution is 0.559. The Morgan fingerprint density at radius 2 is 1.55 bits per heavy atom. The lowest BCUT2D eigenvalue weighted by atomic mass is 10.3. The number of rotatable bonds is 4. The molecule has 0 aliphatic carbocycles. The van der Waals surface area contributed by atoms with E-state index >= 15 is 0 Å². The van der Waals surface area contributed by atoms with Gasteiger partial charge in [-0.15, -0.1) is 0 Å². The first-order valence-corrected chi connectivity index (χ1v) is 7.66. The van der Waals surface area contributed by atoms with E-state index in [4.69, 9.17) is 0 Å². The van der Waals surface area contributed by atoms with Crippen molar-refractivity contribution in [2.24, 2.45) is 0 Å². The third-order valence-corrected chi connectivity index (χ3v) is 5.79. The maximum atomic E-state index is 13.6. The van der Waals surface area contributed by atoms with Crippen LogP contribution in [-0.2, 0) is 4.57 Å². The number of hydrogen-bond donors (Lipinski definition) is 0. The fourth-order valence-electron chi connectivity index (χ4n) is 2.04. The monoisotopic (exact) mass is 287 g/mol. The van der Waals surface area contributed by atoms with Crippen molar-refractivity contribution in [3.63, 3.8) is 0 Å². The fourth-order valence-corrected chi connectivity index (χ4v) is 4.18. The summed E-state index contributed by atoms with van der Waals surface area (Å²) in [5, 5.41) is 0. The van der Waals surface area contributed by atoms with Crippen LogP contribution in [0.25, 0.3) is 0 Å². The Labute approximate surface area is 116 Å². The first-order valence-electron chi connectivity index (χ1n) is 6.10. The summed E-state index contributed by atoms with van der Waals surface area (Å²) in [4.78, 5) is 8.01. The van der Waals surface area contributed by atoms with Crippen LogP contribution >= 0.6 is 7.59 Å². The molecule has 0 aliphatic heterocycles. The molecule has 0 atom stereocenters. The molecule has 7 heteroatoms. The van der Waals surface area contributed by atoms with E-state index in [1.807, 2.05) is 30.3 Å². The number of imidazole rings is 2. The third-order valence-electron chi connectivity index (χ3n) is 3.10. The smallest absolute Gasteiger partial charge is 0.293 e. The standard InChI is InChI=1S/C13H14N5OP/c1-16(13-5-3-2-4-6-13)20(19,17-9-7-14-11-17)18-10-8-15-12-18/h2-12H,1H3. The zero-order valence-corrected chi connectivity index (χ0v) is 11.8. The molecule has 2 heterocycles. The summed E-state index contributed by atoms with van der Waals surface area (Å²) in [6, 6.07) is 9.59. The SMILES string of the molecule is CN(c1ccccc1)P(=O)(n1ccnc1)n1ccnc1. The minimum atomic E-state index is -3.10. The van der Waals surface area contributed by atoms with E-state index in [9.17, 15) is 4.57 Å². The quantitative estimate of drug-likeness (QED) is 0.692. The van der Waals surface area contributed by atoms with Gasteiger partial charge in [0, 0.05) is 37.5 Å².